The number of nitrogens with one attached hydrogen (secondary N) is 1. The Morgan fingerprint density at radius 1 is 0.493 bits per heavy atom. The van der Waals surface area contributed by atoms with Crippen molar-refractivity contribution in [2.45, 2.75) is 290 Å². The fourth-order valence-corrected chi connectivity index (χ4v) is 9.18. The Labute approximate surface area is 427 Å². The first-order valence-corrected chi connectivity index (χ1v) is 30.8. The van der Waals surface area contributed by atoms with Gasteiger partial charge in [0, 0.05) is 12.8 Å². The van der Waals surface area contributed by atoms with E-state index in [1.807, 2.05) is 33.3 Å². The summed E-state index contributed by atoms with van der Waals surface area (Å²) >= 11 is 0. The molecular formula is C59H113N2O7P. The predicted octanol–water partition coefficient (Wildman–Crippen LogP) is 16.9. The molecule has 3 atom stereocenters. The van der Waals surface area contributed by atoms with Crippen molar-refractivity contribution >= 4 is 19.7 Å². The molecule has 0 aliphatic carbocycles. The smallest absolute Gasteiger partial charge is 0.306 e. The predicted molar refractivity (Wildman–Crippen MR) is 293 cm³/mol. The number of esters is 1. The van der Waals surface area contributed by atoms with Gasteiger partial charge < -0.3 is 28.5 Å². The Balaban J connectivity index is 5.36. The second kappa shape index (κ2) is 49.8. The molecule has 0 bridgehead atoms. The average molecular weight is 994 g/mol. The van der Waals surface area contributed by atoms with E-state index in [0.29, 0.717) is 23.9 Å². The van der Waals surface area contributed by atoms with E-state index in [4.69, 9.17) is 13.8 Å². The van der Waals surface area contributed by atoms with Gasteiger partial charge in [-0.1, -0.05) is 218 Å². The maximum atomic E-state index is 13.5. The number of hydrogen-bond donors (Lipinski definition) is 1. The topological polar surface area (TPSA) is 114 Å². The van der Waals surface area contributed by atoms with Crippen molar-refractivity contribution in [1.82, 2.24) is 5.32 Å². The zero-order valence-electron chi connectivity index (χ0n) is 46.3. The summed E-state index contributed by atoms with van der Waals surface area (Å²) in [7, 11) is 1.18. The van der Waals surface area contributed by atoms with Crippen molar-refractivity contribution in [3.05, 3.63) is 36.5 Å². The maximum absolute atomic E-state index is 13.5. The number of phosphoric ester groups is 1. The first-order valence-electron chi connectivity index (χ1n) is 29.3. The quantitative estimate of drug-likeness (QED) is 0.0212. The molecule has 0 aliphatic rings. The molecule has 0 radical (unpaired) electrons. The molecule has 3 unspecified atom stereocenters. The number of carbonyl (C=O) groups excluding carboxylic acids is 2. The van der Waals surface area contributed by atoms with Gasteiger partial charge in [-0.15, -0.1) is 0 Å². The number of phosphoric acid groups is 1. The number of carbonyl (C=O) groups is 2. The summed E-state index contributed by atoms with van der Waals surface area (Å²) in [6.07, 6.45) is 58.2. The van der Waals surface area contributed by atoms with Gasteiger partial charge in [-0.05, 0) is 83.1 Å². The molecule has 0 aromatic carbocycles. The lowest BCUT2D eigenvalue weighted by atomic mass is 10.0. The number of ether oxygens (including phenoxy) is 1. The van der Waals surface area contributed by atoms with Crippen LogP contribution in [-0.2, 0) is 27.9 Å². The number of allylic oxidation sites excluding steroid dienone is 5. The third kappa shape index (κ3) is 51.0. The van der Waals surface area contributed by atoms with Gasteiger partial charge in [0.05, 0.1) is 33.8 Å². The van der Waals surface area contributed by atoms with Gasteiger partial charge in [0.25, 0.3) is 7.82 Å². The molecule has 9 nitrogen and oxygen atoms in total. The van der Waals surface area contributed by atoms with E-state index in [-0.39, 0.29) is 24.9 Å². The molecule has 0 spiro atoms. The van der Waals surface area contributed by atoms with Crippen LogP contribution in [0.1, 0.15) is 278 Å². The summed E-state index contributed by atoms with van der Waals surface area (Å²) in [6, 6.07) is -0.893. The molecule has 1 N–H and O–H groups in total. The van der Waals surface area contributed by atoms with E-state index in [1.165, 1.54) is 161 Å². The normalized spacial score (nSPS) is 14.0. The second-order valence-corrected chi connectivity index (χ2v) is 22.6. The summed E-state index contributed by atoms with van der Waals surface area (Å²) in [4.78, 5) is 39.8. The lowest BCUT2D eigenvalue weighted by Crippen LogP contribution is -2.47. The largest absolute Gasteiger partial charge is 0.756 e. The van der Waals surface area contributed by atoms with Gasteiger partial charge in [-0.25, -0.2) is 0 Å². The fourth-order valence-electron chi connectivity index (χ4n) is 8.45. The van der Waals surface area contributed by atoms with Gasteiger partial charge in [-0.3, -0.25) is 14.2 Å². The number of hydrogen-bond acceptors (Lipinski definition) is 7. The highest BCUT2D eigenvalue weighted by atomic mass is 31.2. The number of nitrogens with zero attached hydrogens (tertiary/aromatic N) is 1. The van der Waals surface area contributed by atoms with Gasteiger partial charge in [0.2, 0.25) is 5.91 Å². The summed E-state index contributed by atoms with van der Waals surface area (Å²) in [5.74, 6) is -0.557. The van der Waals surface area contributed by atoms with Crippen LogP contribution >= 0.6 is 7.82 Å². The fraction of sp³-hybridized carbons (Fsp3) is 0.864. The van der Waals surface area contributed by atoms with E-state index in [2.05, 4.69) is 50.4 Å². The number of unbranched alkanes of at least 4 members (excludes halogenated alkanes) is 33. The molecule has 0 aliphatic heterocycles. The van der Waals surface area contributed by atoms with Gasteiger partial charge in [0.15, 0.2) is 0 Å². The van der Waals surface area contributed by atoms with Crippen molar-refractivity contribution in [2.24, 2.45) is 0 Å². The average Bonchev–Trinajstić information content (AvgIpc) is 3.31. The van der Waals surface area contributed by atoms with Crippen LogP contribution in [0.3, 0.4) is 0 Å². The molecular weight excluding hydrogens is 880 g/mol. The van der Waals surface area contributed by atoms with Crippen LogP contribution in [0, 0.1) is 0 Å². The van der Waals surface area contributed by atoms with Crippen LogP contribution in [0.25, 0.3) is 0 Å². The lowest BCUT2D eigenvalue weighted by molar-refractivity contribution is -0.870. The van der Waals surface area contributed by atoms with E-state index in [0.717, 1.165) is 77.0 Å². The molecule has 0 rings (SSSR count). The van der Waals surface area contributed by atoms with Crippen LogP contribution in [-0.4, -0.2) is 69.4 Å². The van der Waals surface area contributed by atoms with E-state index in [9.17, 15) is 19.0 Å². The molecule has 0 aromatic rings. The van der Waals surface area contributed by atoms with Gasteiger partial charge in [-0.2, -0.15) is 0 Å². The van der Waals surface area contributed by atoms with Crippen LogP contribution in [0.5, 0.6) is 0 Å². The Morgan fingerprint density at radius 3 is 1.25 bits per heavy atom. The second-order valence-electron chi connectivity index (χ2n) is 21.1. The van der Waals surface area contributed by atoms with Crippen molar-refractivity contribution in [1.29, 1.82) is 0 Å². The highest BCUT2D eigenvalue weighted by Gasteiger charge is 2.27. The first-order chi connectivity index (χ1) is 33.4. The summed E-state index contributed by atoms with van der Waals surface area (Å²) in [5, 5.41) is 3.02. The van der Waals surface area contributed by atoms with E-state index >= 15 is 0 Å². The number of rotatable bonds is 53. The van der Waals surface area contributed by atoms with Crippen molar-refractivity contribution < 1.29 is 37.3 Å². The Hall–Kier alpha value is -1.77. The monoisotopic (exact) mass is 993 g/mol. The van der Waals surface area contributed by atoms with Crippen LogP contribution in [0.15, 0.2) is 36.5 Å². The maximum Gasteiger partial charge on any atom is 0.306 e. The number of likely N-dealkylation sites (N-methyl/N-ethyl adjacent to an activating group) is 1. The van der Waals surface area contributed by atoms with Crippen molar-refractivity contribution in [3.63, 3.8) is 0 Å². The number of amides is 1. The van der Waals surface area contributed by atoms with Gasteiger partial charge >= 0.3 is 5.97 Å². The zero-order valence-corrected chi connectivity index (χ0v) is 47.2. The van der Waals surface area contributed by atoms with Crippen LogP contribution < -0.4 is 10.2 Å². The molecule has 0 fully saturated rings. The molecule has 1 amide bonds. The van der Waals surface area contributed by atoms with Crippen LogP contribution in [0.2, 0.25) is 0 Å². The van der Waals surface area contributed by atoms with E-state index < -0.39 is 26.6 Å². The Bertz CT molecular complexity index is 1280. The molecule has 0 aromatic heterocycles. The van der Waals surface area contributed by atoms with Crippen molar-refractivity contribution in [2.75, 3.05) is 40.9 Å². The molecule has 69 heavy (non-hydrogen) atoms. The van der Waals surface area contributed by atoms with Gasteiger partial charge in [0.1, 0.15) is 19.3 Å². The SMILES string of the molecule is CCCCCCCC/C=C\CCCCCC(=O)OC(/C=C\CCCCCCCCCCCCC)C(COP(=O)([O-])OCC[N+](C)(C)C)NC(=O)CCCCCCCCC/C=C/CCCCCCCC. The third-order valence-electron chi connectivity index (χ3n) is 13.0. The lowest BCUT2D eigenvalue weighted by Gasteiger charge is -2.30. The molecule has 0 heterocycles. The summed E-state index contributed by atoms with van der Waals surface area (Å²) in [5.41, 5.74) is 0. The number of quaternary nitrogens is 1. The summed E-state index contributed by atoms with van der Waals surface area (Å²) < 4.78 is 30.2. The highest BCUT2D eigenvalue weighted by Crippen LogP contribution is 2.38. The van der Waals surface area contributed by atoms with Crippen LogP contribution in [0.4, 0.5) is 0 Å². The Morgan fingerprint density at radius 2 is 0.841 bits per heavy atom. The standard InChI is InChI=1S/C59H113N2O7P/c1-7-10-13-16-19-22-25-28-29-30-31-34-36-39-42-45-48-51-58(62)60-56(55-67-69(64,65)66-54-53-61(4,5)6)57(50-47-44-41-38-35-32-26-23-20-17-14-11-8-2)68-59(63)52-49-46-43-40-37-33-27-24-21-18-15-12-9-3/h28-29,33,37,47,50,56-57H,7-27,30-32,34-36,38-46,48-49,51-55H2,1-6H3,(H-,60,62,64,65)/b29-28+,37-33-,50-47-. The highest BCUT2D eigenvalue weighted by molar-refractivity contribution is 7.45. The zero-order chi connectivity index (χ0) is 50.8. The molecule has 406 valence electrons. The molecule has 10 heteroatoms. The minimum Gasteiger partial charge on any atom is -0.756 e. The third-order valence-corrected chi connectivity index (χ3v) is 14.0. The van der Waals surface area contributed by atoms with E-state index in [1.54, 1.807) is 0 Å². The summed E-state index contributed by atoms with van der Waals surface area (Å²) in [6.45, 7) is 6.83. The molecule has 0 saturated carbocycles. The minimum atomic E-state index is -4.69. The van der Waals surface area contributed by atoms with Crippen molar-refractivity contribution in [3.8, 4) is 0 Å². The first kappa shape index (κ1) is 67.2. The Kier molecular flexibility index (Phi) is 48.5. The molecule has 0 saturated heterocycles. The minimum absolute atomic E-state index is 0.0240.